The molecule has 0 aliphatic heterocycles. The molecule has 0 aliphatic rings. The number of imide groups is 1. The fraction of sp³-hybridized carbons (Fsp3) is 0.375. The van der Waals surface area contributed by atoms with Crippen LogP contribution in [0.3, 0.4) is 0 Å². The Kier molecular flexibility index (Phi) is 6.84. The number of H-pyrrole nitrogens is 1. The summed E-state index contributed by atoms with van der Waals surface area (Å²) >= 11 is 1.14. The number of nitrogens with one attached hydrogen (secondary N) is 3. The molecule has 1 heterocycles. The van der Waals surface area contributed by atoms with Gasteiger partial charge in [-0.2, -0.15) is 0 Å². The number of thioether (sulfide) groups is 1. The monoisotopic (exact) mass is 379 g/mol. The highest BCUT2D eigenvalue weighted by Crippen LogP contribution is 2.32. The lowest BCUT2D eigenvalue weighted by atomic mass is 10.2. The molecule has 3 N–H and O–H groups in total. The molecular formula is C16H21N5O4S. The van der Waals surface area contributed by atoms with Crippen molar-refractivity contribution < 1.29 is 19.1 Å². The molecule has 0 saturated heterocycles. The SMILES string of the molecule is CCNC(=O)NC(=O)C(C)Sc1n[nH]c(-c2ccc(OC)cc2OC)n1. The molecule has 0 fully saturated rings. The maximum atomic E-state index is 12.0. The number of carbonyl (C=O) groups excluding carboxylic acids is 2. The van der Waals surface area contributed by atoms with E-state index in [2.05, 4.69) is 25.8 Å². The van der Waals surface area contributed by atoms with Crippen molar-refractivity contribution in [1.29, 1.82) is 0 Å². The largest absolute Gasteiger partial charge is 0.497 e. The molecule has 1 aromatic heterocycles. The predicted octanol–water partition coefficient (Wildman–Crippen LogP) is 1.82. The van der Waals surface area contributed by atoms with Crippen LogP contribution in [0.1, 0.15) is 13.8 Å². The molecule has 140 valence electrons. The van der Waals surface area contributed by atoms with Crippen molar-refractivity contribution in [2.75, 3.05) is 20.8 Å². The van der Waals surface area contributed by atoms with Crippen molar-refractivity contribution in [3.63, 3.8) is 0 Å². The predicted molar refractivity (Wildman–Crippen MR) is 97.5 cm³/mol. The number of hydrogen-bond donors (Lipinski definition) is 3. The van der Waals surface area contributed by atoms with Crippen LogP contribution >= 0.6 is 11.8 Å². The number of urea groups is 1. The average Bonchev–Trinajstić information content (AvgIpc) is 3.09. The zero-order chi connectivity index (χ0) is 19.1. The fourth-order valence-corrected chi connectivity index (χ4v) is 2.77. The maximum Gasteiger partial charge on any atom is 0.321 e. The van der Waals surface area contributed by atoms with Crippen LogP contribution in [0.2, 0.25) is 0 Å². The molecule has 0 spiro atoms. The van der Waals surface area contributed by atoms with Gasteiger partial charge in [0.15, 0.2) is 5.82 Å². The van der Waals surface area contributed by atoms with E-state index in [-0.39, 0.29) is 0 Å². The second-order valence-corrected chi connectivity index (χ2v) is 6.45. The Morgan fingerprint density at radius 2 is 2.08 bits per heavy atom. The molecule has 2 rings (SSSR count). The lowest BCUT2D eigenvalue weighted by molar-refractivity contribution is -0.119. The normalized spacial score (nSPS) is 11.5. The van der Waals surface area contributed by atoms with E-state index in [0.29, 0.717) is 34.6 Å². The molecular weight excluding hydrogens is 358 g/mol. The minimum atomic E-state index is -0.543. The highest BCUT2D eigenvalue weighted by molar-refractivity contribution is 8.00. The highest BCUT2D eigenvalue weighted by Gasteiger charge is 2.20. The van der Waals surface area contributed by atoms with E-state index < -0.39 is 17.2 Å². The third kappa shape index (κ3) is 4.88. The van der Waals surface area contributed by atoms with Crippen LogP contribution < -0.4 is 20.1 Å². The molecule has 0 saturated carbocycles. The number of methoxy groups -OCH3 is 2. The van der Waals surface area contributed by atoms with E-state index in [1.807, 2.05) is 0 Å². The molecule has 2 aromatic rings. The van der Waals surface area contributed by atoms with Gasteiger partial charge in [-0.25, -0.2) is 9.78 Å². The summed E-state index contributed by atoms with van der Waals surface area (Å²) in [6, 6.07) is 4.81. The maximum absolute atomic E-state index is 12.0. The molecule has 0 bridgehead atoms. The molecule has 3 amide bonds. The summed E-state index contributed by atoms with van der Waals surface area (Å²) in [5.41, 5.74) is 0.715. The molecule has 0 aliphatic carbocycles. The number of hydrogen-bond acceptors (Lipinski definition) is 7. The average molecular weight is 379 g/mol. The zero-order valence-electron chi connectivity index (χ0n) is 15.0. The van der Waals surface area contributed by atoms with Gasteiger partial charge in [0.2, 0.25) is 11.1 Å². The van der Waals surface area contributed by atoms with Gasteiger partial charge in [-0.1, -0.05) is 11.8 Å². The number of aromatic amines is 1. The van der Waals surface area contributed by atoms with Crippen molar-refractivity contribution in [1.82, 2.24) is 25.8 Å². The Hall–Kier alpha value is -2.75. The molecule has 1 unspecified atom stereocenters. The molecule has 9 nitrogen and oxygen atoms in total. The van der Waals surface area contributed by atoms with Crippen LogP contribution in [0.5, 0.6) is 11.5 Å². The van der Waals surface area contributed by atoms with E-state index in [9.17, 15) is 9.59 Å². The van der Waals surface area contributed by atoms with Gasteiger partial charge >= 0.3 is 6.03 Å². The van der Waals surface area contributed by atoms with Crippen LogP contribution in [-0.2, 0) is 4.79 Å². The van der Waals surface area contributed by atoms with Crippen LogP contribution in [0.15, 0.2) is 23.4 Å². The van der Waals surface area contributed by atoms with Crippen molar-refractivity contribution >= 4 is 23.7 Å². The van der Waals surface area contributed by atoms with Gasteiger partial charge in [0.05, 0.1) is 25.0 Å². The number of rotatable bonds is 7. The Morgan fingerprint density at radius 1 is 1.31 bits per heavy atom. The van der Waals surface area contributed by atoms with E-state index in [0.717, 1.165) is 11.8 Å². The van der Waals surface area contributed by atoms with Gasteiger partial charge in [-0.15, -0.1) is 5.10 Å². The lowest BCUT2D eigenvalue weighted by Crippen LogP contribution is -2.42. The Balaban J connectivity index is 2.08. The van der Waals surface area contributed by atoms with Gasteiger partial charge in [0, 0.05) is 12.6 Å². The van der Waals surface area contributed by atoms with E-state index in [1.54, 1.807) is 46.3 Å². The number of ether oxygens (including phenoxy) is 2. The second-order valence-electron chi connectivity index (χ2n) is 5.14. The first-order chi connectivity index (χ1) is 12.5. The number of aromatic nitrogens is 3. The van der Waals surface area contributed by atoms with Crippen LogP contribution in [0.25, 0.3) is 11.4 Å². The van der Waals surface area contributed by atoms with Gasteiger partial charge in [0.25, 0.3) is 0 Å². The highest BCUT2D eigenvalue weighted by atomic mass is 32.2. The quantitative estimate of drug-likeness (QED) is 0.628. The Morgan fingerprint density at radius 3 is 2.73 bits per heavy atom. The van der Waals surface area contributed by atoms with Crippen molar-refractivity contribution in [2.45, 2.75) is 24.3 Å². The fourth-order valence-electron chi connectivity index (χ4n) is 2.04. The summed E-state index contributed by atoms with van der Waals surface area (Å²) in [6.07, 6.45) is 0. The van der Waals surface area contributed by atoms with Gasteiger partial charge in [-0.05, 0) is 26.0 Å². The Labute approximate surface area is 155 Å². The number of benzene rings is 1. The smallest absolute Gasteiger partial charge is 0.321 e. The zero-order valence-corrected chi connectivity index (χ0v) is 15.8. The molecule has 10 heteroatoms. The van der Waals surface area contributed by atoms with E-state index >= 15 is 0 Å². The minimum Gasteiger partial charge on any atom is -0.497 e. The molecule has 0 radical (unpaired) electrons. The minimum absolute atomic E-state index is 0.386. The van der Waals surface area contributed by atoms with E-state index in [1.165, 1.54) is 0 Å². The lowest BCUT2D eigenvalue weighted by Gasteiger charge is -2.09. The van der Waals surface area contributed by atoms with Crippen molar-refractivity contribution in [2.24, 2.45) is 0 Å². The van der Waals surface area contributed by atoms with Gasteiger partial charge < -0.3 is 14.8 Å². The van der Waals surface area contributed by atoms with Crippen molar-refractivity contribution in [3.05, 3.63) is 18.2 Å². The van der Waals surface area contributed by atoms with Gasteiger partial charge in [0.1, 0.15) is 11.5 Å². The Bertz CT molecular complexity index is 780. The summed E-state index contributed by atoms with van der Waals surface area (Å²) in [5.74, 6) is 1.33. The molecule has 1 aromatic carbocycles. The van der Waals surface area contributed by atoms with Gasteiger partial charge in [-0.3, -0.25) is 15.2 Å². The summed E-state index contributed by atoms with van der Waals surface area (Å²) in [6.45, 7) is 3.88. The topological polar surface area (TPSA) is 118 Å². The summed E-state index contributed by atoms with van der Waals surface area (Å²) in [5, 5.41) is 11.5. The second kappa shape index (κ2) is 9.09. The third-order valence-electron chi connectivity index (χ3n) is 3.35. The van der Waals surface area contributed by atoms with E-state index in [4.69, 9.17) is 9.47 Å². The van der Waals surface area contributed by atoms with Crippen molar-refractivity contribution in [3.8, 4) is 22.9 Å². The summed E-state index contributed by atoms with van der Waals surface area (Å²) < 4.78 is 10.5. The van der Waals surface area contributed by atoms with Crippen LogP contribution in [0, 0.1) is 0 Å². The standard InChI is InChI=1S/C16H21N5O4S/c1-5-17-15(23)19-14(22)9(2)26-16-18-13(20-21-16)11-7-6-10(24-3)8-12(11)25-4/h6-9H,5H2,1-4H3,(H,18,20,21)(H2,17,19,22,23). The summed E-state index contributed by atoms with van der Waals surface area (Å²) in [4.78, 5) is 27.8. The molecule has 1 atom stereocenters. The third-order valence-corrected chi connectivity index (χ3v) is 4.32. The first kappa shape index (κ1) is 19.6. The number of nitrogens with zero attached hydrogens (tertiary/aromatic N) is 2. The van der Waals surface area contributed by atoms with Crippen LogP contribution in [0.4, 0.5) is 4.79 Å². The summed E-state index contributed by atoms with van der Waals surface area (Å²) in [7, 11) is 3.13. The number of amides is 3. The van der Waals surface area contributed by atoms with Crippen LogP contribution in [-0.4, -0.2) is 53.1 Å². The first-order valence-electron chi connectivity index (χ1n) is 7.88. The number of carbonyl (C=O) groups is 2. The molecule has 26 heavy (non-hydrogen) atoms. The first-order valence-corrected chi connectivity index (χ1v) is 8.76.